The largest absolute Gasteiger partial charge is 0.394 e. The summed E-state index contributed by atoms with van der Waals surface area (Å²) >= 11 is 0. The summed E-state index contributed by atoms with van der Waals surface area (Å²) in [6.45, 7) is 17.1. The molecule has 6 rings (SSSR count). The van der Waals surface area contributed by atoms with Crippen molar-refractivity contribution in [2.24, 2.45) is 51.2 Å². The Hall–Kier alpha value is -0.740. The maximum atomic E-state index is 12.5. The van der Waals surface area contributed by atoms with Gasteiger partial charge in [0, 0.05) is 5.92 Å². The third-order valence-electron chi connectivity index (χ3n) is 17.2. The molecule has 6 aliphatic rings. The Balaban J connectivity index is 1.25. The molecular formula is C43H74O12. The molecule has 5 saturated carbocycles. The lowest BCUT2D eigenvalue weighted by molar-refractivity contribution is -0.308. The van der Waals surface area contributed by atoms with Gasteiger partial charge in [-0.2, -0.15) is 0 Å². The number of aliphatic hydroxyl groups is 9. The summed E-state index contributed by atoms with van der Waals surface area (Å²) in [7, 11) is 0. The van der Waals surface area contributed by atoms with Crippen LogP contribution < -0.4 is 0 Å². The van der Waals surface area contributed by atoms with E-state index in [0.717, 1.165) is 44.9 Å². The molecule has 12 heteroatoms. The first-order chi connectivity index (χ1) is 25.6. The highest BCUT2D eigenvalue weighted by Crippen LogP contribution is 2.76. The predicted octanol–water partition coefficient (Wildman–Crippen LogP) is 2.81. The average molecular weight is 783 g/mol. The molecule has 0 bridgehead atoms. The van der Waals surface area contributed by atoms with E-state index in [2.05, 4.69) is 61.5 Å². The fourth-order valence-electron chi connectivity index (χ4n) is 13.7. The highest BCUT2D eigenvalue weighted by Gasteiger charge is 2.71. The highest BCUT2D eigenvalue weighted by atomic mass is 16.7. The number of hydrogen-bond donors (Lipinski definition) is 9. The maximum absolute atomic E-state index is 12.5. The van der Waals surface area contributed by atoms with Crippen molar-refractivity contribution in [3.63, 3.8) is 0 Å². The summed E-state index contributed by atoms with van der Waals surface area (Å²) < 4.78 is 18.4. The van der Waals surface area contributed by atoms with Gasteiger partial charge in [-0.15, -0.1) is 0 Å². The van der Waals surface area contributed by atoms with Crippen molar-refractivity contribution < 1.29 is 60.2 Å². The summed E-state index contributed by atoms with van der Waals surface area (Å²) in [6, 6.07) is 0. The zero-order valence-electron chi connectivity index (χ0n) is 34.5. The number of hydrogen-bond acceptors (Lipinski definition) is 12. The zero-order chi connectivity index (χ0) is 40.6. The van der Waals surface area contributed by atoms with E-state index in [-0.39, 0.29) is 52.6 Å². The van der Waals surface area contributed by atoms with Crippen LogP contribution in [0.4, 0.5) is 0 Å². The summed E-state index contributed by atoms with van der Waals surface area (Å²) in [4.78, 5) is 0. The van der Waals surface area contributed by atoms with Gasteiger partial charge in [0.15, 0.2) is 6.29 Å². The minimum atomic E-state index is -1.62. The standard InChI is InChI=1S/C43H74O12/c1-22(2)10-9-14-43(8,55-26-18-23(32(47)35(50)33(26)48)21-53-38-37(52)36(51)34(49)27(20-44)54-38)24-11-16-42(7)31(24)25(45)19-29-40(5)15-13-30(46)39(3,4)28(40)12-17-41(29,42)6/h10,23-38,44-52H,9,11-21H2,1-8H3/t23-,24+,25-,26-,27-,28+,29-,30+,31+,32-,33+,34-,35+,36+,37-,38-,40+,41-,42-,43+/m1/s1. The van der Waals surface area contributed by atoms with Crippen molar-refractivity contribution in [3.05, 3.63) is 11.6 Å². The molecule has 0 unspecified atom stereocenters. The quantitative estimate of drug-likeness (QED) is 0.147. The molecule has 0 radical (unpaired) electrons. The van der Waals surface area contributed by atoms with Crippen LogP contribution in [0.25, 0.3) is 0 Å². The smallest absolute Gasteiger partial charge is 0.186 e. The van der Waals surface area contributed by atoms with Crippen LogP contribution >= 0.6 is 0 Å². The lowest BCUT2D eigenvalue weighted by Crippen LogP contribution is -2.66. The molecule has 9 N–H and O–H groups in total. The summed E-state index contributed by atoms with van der Waals surface area (Å²) in [5, 5.41) is 97.9. The van der Waals surface area contributed by atoms with Gasteiger partial charge in [0.25, 0.3) is 0 Å². The molecule has 12 nitrogen and oxygen atoms in total. The van der Waals surface area contributed by atoms with Crippen molar-refractivity contribution in [3.8, 4) is 0 Å². The van der Waals surface area contributed by atoms with Gasteiger partial charge in [-0.25, -0.2) is 0 Å². The van der Waals surface area contributed by atoms with E-state index >= 15 is 0 Å². The second-order valence-electron chi connectivity index (χ2n) is 20.6. The summed E-state index contributed by atoms with van der Waals surface area (Å²) in [5.74, 6) is -0.183. The van der Waals surface area contributed by atoms with Crippen LogP contribution in [0, 0.1) is 51.2 Å². The molecule has 5 aliphatic carbocycles. The van der Waals surface area contributed by atoms with Crippen LogP contribution in [0.3, 0.4) is 0 Å². The molecule has 0 aromatic carbocycles. The normalized spacial score (nSPS) is 52.0. The number of allylic oxidation sites excluding steroid dienone is 2. The predicted molar refractivity (Wildman–Crippen MR) is 204 cm³/mol. The average Bonchev–Trinajstić information content (AvgIpc) is 3.51. The fourth-order valence-corrected chi connectivity index (χ4v) is 13.7. The fraction of sp³-hybridized carbons (Fsp3) is 0.953. The van der Waals surface area contributed by atoms with Crippen molar-refractivity contribution in [1.82, 2.24) is 0 Å². The lowest BCUT2D eigenvalue weighted by atomic mass is 9.35. The van der Waals surface area contributed by atoms with E-state index in [0.29, 0.717) is 24.7 Å². The second kappa shape index (κ2) is 15.7. The Morgan fingerprint density at radius 2 is 1.42 bits per heavy atom. The molecule has 0 aromatic rings. The number of aliphatic hydroxyl groups excluding tert-OH is 9. The van der Waals surface area contributed by atoms with Crippen molar-refractivity contribution in [2.75, 3.05) is 13.2 Å². The lowest BCUT2D eigenvalue weighted by Gasteiger charge is -2.70. The van der Waals surface area contributed by atoms with E-state index in [4.69, 9.17) is 14.2 Å². The third kappa shape index (κ3) is 7.22. The first-order valence-corrected chi connectivity index (χ1v) is 21.2. The molecule has 1 aliphatic heterocycles. The van der Waals surface area contributed by atoms with Crippen LogP contribution in [0.15, 0.2) is 11.6 Å². The van der Waals surface area contributed by atoms with Gasteiger partial charge >= 0.3 is 0 Å². The van der Waals surface area contributed by atoms with E-state index < -0.39 is 79.4 Å². The number of rotatable bonds is 10. The molecular weight excluding hydrogens is 708 g/mol. The Labute approximate surface area is 328 Å². The van der Waals surface area contributed by atoms with Crippen LogP contribution in [-0.4, -0.2) is 132 Å². The second-order valence-corrected chi connectivity index (χ2v) is 20.6. The topological polar surface area (TPSA) is 210 Å². The zero-order valence-corrected chi connectivity index (χ0v) is 34.5. The van der Waals surface area contributed by atoms with E-state index in [1.165, 1.54) is 5.57 Å². The molecule has 20 atom stereocenters. The molecule has 6 fully saturated rings. The Bertz CT molecular complexity index is 1370. The molecule has 1 heterocycles. The van der Waals surface area contributed by atoms with E-state index in [1.807, 2.05) is 0 Å². The van der Waals surface area contributed by atoms with Gasteiger partial charge in [0.05, 0.1) is 43.2 Å². The number of fused-ring (bicyclic) bond motifs is 5. The van der Waals surface area contributed by atoms with Gasteiger partial charge in [0.1, 0.15) is 36.6 Å². The molecule has 55 heavy (non-hydrogen) atoms. The Kier molecular flexibility index (Phi) is 12.5. The van der Waals surface area contributed by atoms with Gasteiger partial charge in [-0.3, -0.25) is 0 Å². The van der Waals surface area contributed by atoms with Crippen LogP contribution in [0.1, 0.15) is 120 Å². The molecule has 0 amide bonds. The van der Waals surface area contributed by atoms with Crippen LogP contribution in [0.2, 0.25) is 0 Å². The molecule has 0 aromatic heterocycles. The van der Waals surface area contributed by atoms with Crippen LogP contribution in [0.5, 0.6) is 0 Å². The number of ether oxygens (including phenoxy) is 3. The minimum Gasteiger partial charge on any atom is -0.394 e. The maximum Gasteiger partial charge on any atom is 0.186 e. The third-order valence-corrected chi connectivity index (χ3v) is 17.2. The Morgan fingerprint density at radius 3 is 2.07 bits per heavy atom. The highest BCUT2D eigenvalue weighted by molar-refractivity contribution is 5.20. The first-order valence-electron chi connectivity index (χ1n) is 21.2. The molecule has 1 saturated heterocycles. The van der Waals surface area contributed by atoms with Gasteiger partial charge < -0.3 is 60.2 Å². The SMILES string of the molecule is CC(C)=CCC[C@](C)(O[C@@H]1C[C@H](CO[C@@H]2O[C@H](CO)[C@@H](O)[C@H](O)[C@H]2O)[C@@H](O)[C@H](O)[C@H]1O)[C@H]1CC[C@]2(C)[C@@H]1[C@H](O)C[C@@H]1[C@@]3(C)CC[C@H](O)C(C)(C)[C@@H]3CC[C@]12C. The van der Waals surface area contributed by atoms with Crippen molar-refractivity contribution in [2.45, 2.75) is 193 Å². The Morgan fingerprint density at radius 1 is 0.764 bits per heavy atom. The summed E-state index contributed by atoms with van der Waals surface area (Å²) in [6.07, 6.45) is -3.50. The van der Waals surface area contributed by atoms with E-state index in [1.54, 1.807) is 0 Å². The summed E-state index contributed by atoms with van der Waals surface area (Å²) in [5.41, 5.74) is -0.0391. The van der Waals surface area contributed by atoms with Crippen LogP contribution in [-0.2, 0) is 14.2 Å². The first kappa shape index (κ1) is 43.8. The van der Waals surface area contributed by atoms with Gasteiger partial charge in [-0.05, 0) is 130 Å². The minimum absolute atomic E-state index is 0.00188. The van der Waals surface area contributed by atoms with Gasteiger partial charge in [-0.1, -0.05) is 46.3 Å². The van der Waals surface area contributed by atoms with Crippen molar-refractivity contribution >= 4 is 0 Å². The van der Waals surface area contributed by atoms with E-state index in [9.17, 15) is 46.0 Å². The monoisotopic (exact) mass is 783 g/mol. The molecule has 318 valence electrons. The van der Waals surface area contributed by atoms with Crippen molar-refractivity contribution in [1.29, 1.82) is 0 Å². The molecule has 0 spiro atoms. The van der Waals surface area contributed by atoms with Gasteiger partial charge in [0.2, 0.25) is 0 Å².